The summed E-state index contributed by atoms with van der Waals surface area (Å²) in [6.45, 7) is 9.47. The predicted octanol–water partition coefficient (Wildman–Crippen LogP) is 2.51. The molecule has 2 rings (SSSR count). The Bertz CT molecular complexity index is 398. The number of aliphatic hydroxyl groups is 1. The summed E-state index contributed by atoms with van der Waals surface area (Å²) in [5, 5.41) is 10.3. The van der Waals surface area contributed by atoms with Crippen LogP contribution < -0.4 is 0 Å². The first-order valence-corrected chi connectivity index (χ1v) is 5.74. The van der Waals surface area contributed by atoms with Crippen molar-refractivity contribution in [1.82, 2.24) is 0 Å². The van der Waals surface area contributed by atoms with Gasteiger partial charge in [0.25, 0.3) is 0 Å². The second kappa shape index (κ2) is 3.57. The Hall–Kier alpha value is -0.860. The molecule has 0 bridgehead atoms. The fraction of sp³-hybridized carbons (Fsp3) is 0.571. The van der Waals surface area contributed by atoms with Gasteiger partial charge in [-0.25, -0.2) is 0 Å². The van der Waals surface area contributed by atoms with Crippen molar-refractivity contribution in [2.24, 2.45) is 0 Å². The van der Waals surface area contributed by atoms with Gasteiger partial charge in [0.1, 0.15) is 5.60 Å². The maximum Gasteiger partial charge on any atom is 0.136 e. The van der Waals surface area contributed by atoms with Crippen LogP contribution in [-0.2, 0) is 15.8 Å². The zero-order valence-electron chi connectivity index (χ0n) is 10.5. The lowest BCUT2D eigenvalue weighted by Crippen LogP contribution is -2.46. The molecule has 0 spiro atoms. The summed E-state index contributed by atoms with van der Waals surface area (Å²) in [4.78, 5) is 0. The van der Waals surface area contributed by atoms with Crippen molar-refractivity contribution < 1.29 is 9.84 Å². The van der Waals surface area contributed by atoms with E-state index in [-0.39, 0.29) is 5.41 Å². The molecule has 2 heteroatoms. The Kier molecular flexibility index (Phi) is 2.59. The Labute approximate surface area is 97.3 Å². The van der Waals surface area contributed by atoms with Crippen molar-refractivity contribution in [3.05, 3.63) is 34.9 Å². The molecule has 1 fully saturated rings. The van der Waals surface area contributed by atoms with Gasteiger partial charge in [-0.05, 0) is 23.5 Å². The van der Waals surface area contributed by atoms with Crippen LogP contribution in [-0.4, -0.2) is 18.3 Å². The third-order valence-electron chi connectivity index (χ3n) is 3.16. The molecule has 0 aromatic heterocycles. The van der Waals surface area contributed by atoms with E-state index in [1.165, 1.54) is 11.1 Å². The highest BCUT2D eigenvalue weighted by Crippen LogP contribution is 2.33. The molecule has 1 heterocycles. The summed E-state index contributed by atoms with van der Waals surface area (Å²) < 4.78 is 5.11. The number of aryl methyl sites for hydroxylation is 1. The highest BCUT2D eigenvalue weighted by Gasteiger charge is 2.38. The van der Waals surface area contributed by atoms with Crippen LogP contribution in [0.15, 0.2) is 18.2 Å². The zero-order valence-corrected chi connectivity index (χ0v) is 10.5. The second-order valence-electron chi connectivity index (χ2n) is 5.86. The summed E-state index contributed by atoms with van der Waals surface area (Å²) in [6.07, 6.45) is 0. The van der Waals surface area contributed by atoms with Gasteiger partial charge in [-0.1, -0.05) is 44.5 Å². The number of benzene rings is 1. The lowest BCUT2D eigenvalue weighted by atomic mass is 9.81. The summed E-state index contributed by atoms with van der Waals surface area (Å²) in [5.41, 5.74) is 2.81. The predicted molar refractivity (Wildman–Crippen MR) is 64.6 cm³/mol. The van der Waals surface area contributed by atoms with E-state index in [1.54, 1.807) is 0 Å². The van der Waals surface area contributed by atoms with Gasteiger partial charge in [0, 0.05) is 0 Å². The van der Waals surface area contributed by atoms with E-state index in [9.17, 15) is 5.11 Å². The molecule has 88 valence electrons. The third kappa shape index (κ3) is 2.00. The Balaban J connectivity index is 2.44. The molecule has 0 atom stereocenters. The van der Waals surface area contributed by atoms with Crippen molar-refractivity contribution in [2.75, 3.05) is 13.2 Å². The minimum absolute atomic E-state index is 0.113. The van der Waals surface area contributed by atoms with Crippen LogP contribution >= 0.6 is 0 Å². The first-order valence-electron chi connectivity index (χ1n) is 5.74. The number of ether oxygens (including phenoxy) is 1. The number of hydrogen-bond acceptors (Lipinski definition) is 2. The van der Waals surface area contributed by atoms with Crippen LogP contribution in [0, 0.1) is 6.92 Å². The lowest BCUT2D eigenvalue weighted by Gasteiger charge is -2.37. The van der Waals surface area contributed by atoms with Crippen molar-refractivity contribution in [3.8, 4) is 0 Å². The molecular formula is C14H20O2. The molecule has 1 N–H and O–H groups in total. The molecule has 0 unspecified atom stereocenters. The van der Waals surface area contributed by atoms with Gasteiger partial charge in [-0.3, -0.25) is 0 Å². The maximum atomic E-state index is 10.3. The van der Waals surface area contributed by atoms with Gasteiger partial charge >= 0.3 is 0 Å². The average Bonchev–Trinajstić information content (AvgIpc) is 2.11. The van der Waals surface area contributed by atoms with Crippen molar-refractivity contribution >= 4 is 0 Å². The van der Waals surface area contributed by atoms with Gasteiger partial charge in [0.05, 0.1) is 13.2 Å². The van der Waals surface area contributed by atoms with Crippen LogP contribution in [0.2, 0.25) is 0 Å². The molecule has 1 aromatic carbocycles. The topological polar surface area (TPSA) is 29.5 Å². The van der Waals surface area contributed by atoms with Crippen LogP contribution in [0.5, 0.6) is 0 Å². The van der Waals surface area contributed by atoms with Gasteiger partial charge in [0.15, 0.2) is 0 Å². The minimum Gasteiger partial charge on any atom is -0.380 e. The molecule has 1 aliphatic heterocycles. The minimum atomic E-state index is -0.758. The van der Waals surface area contributed by atoms with Crippen molar-refractivity contribution in [1.29, 1.82) is 0 Å². The Morgan fingerprint density at radius 3 is 2.25 bits per heavy atom. The third-order valence-corrected chi connectivity index (χ3v) is 3.16. The monoisotopic (exact) mass is 220 g/mol. The van der Waals surface area contributed by atoms with Crippen LogP contribution in [0.25, 0.3) is 0 Å². The summed E-state index contributed by atoms with van der Waals surface area (Å²) in [5.74, 6) is 0. The second-order valence-corrected chi connectivity index (χ2v) is 5.86. The first-order chi connectivity index (χ1) is 7.31. The summed E-state index contributed by atoms with van der Waals surface area (Å²) in [6, 6.07) is 6.35. The summed E-state index contributed by atoms with van der Waals surface area (Å²) in [7, 11) is 0. The normalized spacial score (nSPS) is 19.3. The molecule has 1 saturated heterocycles. The van der Waals surface area contributed by atoms with Gasteiger partial charge in [0.2, 0.25) is 0 Å². The number of hydrogen-bond donors (Lipinski definition) is 1. The first kappa shape index (κ1) is 11.6. The lowest BCUT2D eigenvalue weighted by molar-refractivity contribution is -0.184. The van der Waals surface area contributed by atoms with E-state index in [0.29, 0.717) is 13.2 Å². The molecule has 1 aromatic rings. The highest BCUT2D eigenvalue weighted by atomic mass is 16.5. The van der Waals surface area contributed by atoms with E-state index in [4.69, 9.17) is 4.74 Å². The van der Waals surface area contributed by atoms with E-state index in [2.05, 4.69) is 45.9 Å². The van der Waals surface area contributed by atoms with Crippen molar-refractivity contribution in [3.63, 3.8) is 0 Å². The van der Waals surface area contributed by atoms with E-state index >= 15 is 0 Å². The molecule has 0 amide bonds. The average molecular weight is 220 g/mol. The SMILES string of the molecule is Cc1cc(C(C)(C)C)cc(C2(O)COC2)c1. The summed E-state index contributed by atoms with van der Waals surface area (Å²) >= 11 is 0. The zero-order chi connectivity index (χ0) is 12.0. The smallest absolute Gasteiger partial charge is 0.136 e. The van der Waals surface area contributed by atoms with E-state index in [1.807, 2.05) is 0 Å². The quantitative estimate of drug-likeness (QED) is 0.788. The Morgan fingerprint density at radius 2 is 1.81 bits per heavy atom. The highest BCUT2D eigenvalue weighted by molar-refractivity contribution is 5.37. The fourth-order valence-corrected chi connectivity index (χ4v) is 1.95. The molecule has 0 aliphatic carbocycles. The molecule has 2 nitrogen and oxygen atoms in total. The number of rotatable bonds is 1. The maximum absolute atomic E-state index is 10.3. The molecule has 16 heavy (non-hydrogen) atoms. The fourth-order valence-electron chi connectivity index (χ4n) is 1.95. The Morgan fingerprint density at radius 1 is 1.19 bits per heavy atom. The standard InChI is InChI=1S/C14H20O2/c1-10-5-11(13(2,3)4)7-12(6-10)14(15)8-16-9-14/h5-7,15H,8-9H2,1-4H3. The molecule has 0 saturated carbocycles. The van der Waals surface area contributed by atoms with Crippen LogP contribution in [0.1, 0.15) is 37.5 Å². The van der Waals surface area contributed by atoms with E-state index in [0.717, 1.165) is 5.56 Å². The molecule has 1 aliphatic rings. The van der Waals surface area contributed by atoms with Crippen LogP contribution in [0.3, 0.4) is 0 Å². The van der Waals surface area contributed by atoms with Crippen LogP contribution in [0.4, 0.5) is 0 Å². The molecular weight excluding hydrogens is 200 g/mol. The van der Waals surface area contributed by atoms with Crippen molar-refractivity contribution in [2.45, 2.75) is 38.7 Å². The van der Waals surface area contributed by atoms with Gasteiger partial charge in [-0.15, -0.1) is 0 Å². The molecule has 0 radical (unpaired) electrons. The van der Waals surface area contributed by atoms with Gasteiger partial charge in [-0.2, -0.15) is 0 Å². The van der Waals surface area contributed by atoms with Gasteiger partial charge < -0.3 is 9.84 Å². The largest absolute Gasteiger partial charge is 0.380 e. The van der Waals surface area contributed by atoms with E-state index < -0.39 is 5.60 Å².